The van der Waals surface area contributed by atoms with E-state index in [4.69, 9.17) is 0 Å². The maximum Gasteiger partial charge on any atom is 0.133 e. The SMILES string of the molecule is CC12CCC(=O)CC13CCCC23. The van der Waals surface area contributed by atoms with Crippen molar-refractivity contribution in [1.29, 1.82) is 0 Å². The van der Waals surface area contributed by atoms with E-state index in [1.165, 1.54) is 25.7 Å². The van der Waals surface area contributed by atoms with Crippen molar-refractivity contribution in [1.82, 2.24) is 0 Å². The van der Waals surface area contributed by atoms with Crippen molar-refractivity contribution in [3.63, 3.8) is 0 Å². The van der Waals surface area contributed by atoms with Crippen LogP contribution < -0.4 is 0 Å². The fourth-order valence-electron chi connectivity index (χ4n) is 4.30. The quantitative estimate of drug-likeness (QED) is 0.537. The Morgan fingerprint density at radius 1 is 1.42 bits per heavy atom. The lowest BCUT2D eigenvalue weighted by Gasteiger charge is -2.26. The Kier molecular flexibility index (Phi) is 1.06. The molecule has 3 unspecified atom stereocenters. The zero-order valence-corrected chi connectivity index (χ0v) is 7.73. The fourth-order valence-corrected chi connectivity index (χ4v) is 4.30. The van der Waals surface area contributed by atoms with Gasteiger partial charge in [0.2, 0.25) is 0 Å². The minimum absolute atomic E-state index is 0.516. The summed E-state index contributed by atoms with van der Waals surface area (Å²) in [5, 5.41) is 0. The molecule has 0 aromatic carbocycles. The van der Waals surface area contributed by atoms with Crippen molar-refractivity contribution in [3.05, 3.63) is 0 Å². The molecule has 3 fully saturated rings. The summed E-state index contributed by atoms with van der Waals surface area (Å²) in [6, 6.07) is 0. The van der Waals surface area contributed by atoms with Crippen molar-refractivity contribution < 1.29 is 4.79 Å². The molecule has 1 heteroatoms. The monoisotopic (exact) mass is 164 g/mol. The van der Waals surface area contributed by atoms with Gasteiger partial charge in [0.05, 0.1) is 0 Å². The van der Waals surface area contributed by atoms with Crippen LogP contribution in [0.5, 0.6) is 0 Å². The van der Waals surface area contributed by atoms with E-state index in [1.807, 2.05) is 0 Å². The van der Waals surface area contributed by atoms with Crippen LogP contribution >= 0.6 is 0 Å². The average molecular weight is 164 g/mol. The maximum atomic E-state index is 11.4. The van der Waals surface area contributed by atoms with Gasteiger partial charge in [0.1, 0.15) is 5.78 Å². The molecular formula is C11H16O. The van der Waals surface area contributed by atoms with Gasteiger partial charge in [0.25, 0.3) is 0 Å². The molecule has 3 aliphatic rings. The van der Waals surface area contributed by atoms with Gasteiger partial charge in [-0.25, -0.2) is 0 Å². The summed E-state index contributed by atoms with van der Waals surface area (Å²) in [5.74, 6) is 1.47. The number of hydrogen-bond donors (Lipinski definition) is 0. The molecule has 66 valence electrons. The Labute approximate surface area is 73.5 Å². The van der Waals surface area contributed by atoms with Crippen molar-refractivity contribution in [3.8, 4) is 0 Å². The summed E-state index contributed by atoms with van der Waals surface area (Å²) in [6.07, 6.45) is 7.12. The predicted molar refractivity (Wildman–Crippen MR) is 46.7 cm³/mol. The molecule has 3 aliphatic carbocycles. The maximum absolute atomic E-state index is 11.4. The summed E-state index contributed by atoms with van der Waals surface area (Å²) in [7, 11) is 0. The molecule has 1 nitrogen and oxygen atoms in total. The zero-order valence-electron chi connectivity index (χ0n) is 7.73. The van der Waals surface area contributed by atoms with Crippen molar-refractivity contribution in [2.24, 2.45) is 16.7 Å². The van der Waals surface area contributed by atoms with Crippen LogP contribution in [0.2, 0.25) is 0 Å². The van der Waals surface area contributed by atoms with E-state index in [9.17, 15) is 4.79 Å². The van der Waals surface area contributed by atoms with Crippen LogP contribution in [-0.2, 0) is 4.79 Å². The second kappa shape index (κ2) is 1.78. The van der Waals surface area contributed by atoms with Gasteiger partial charge in [-0.15, -0.1) is 0 Å². The van der Waals surface area contributed by atoms with Gasteiger partial charge >= 0.3 is 0 Å². The van der Waals surface area contributed by atoms with Crippen molar-refractivity contribution in [2.45, 2.75) is 45.4 Å². The van der Waals surface area contributed by atoms with Crippen LogP contribution in [0, 0.1) is 16.7 Å². The number of carbonyl (C=O) groups is 1. The first-order valence-electron chi connectivity index (χ1n) is 5.21. The van der Waals surface area contributed by atoms with Crippen molar-refractivity contribution >= 4 is 5.78 Å². The number of rotatable bonds is 0. The van der Waals surface area contributed by atoms with E-state index < -0.39 is 0 Å². The second-order valence-corrected chi connectivity index (χ2v) is 5.23. The Morgan fingerprint density at radius 3 is 3.08 bits per heavy atom. The minimum Gasteiger partial charge on any atom is -0.300 e. The molecule has 0 bridgehead atoms. The average Bonchev–Trinajstić information content (AvgIpc) is 2.44. The van der Waals surface area contributed by atoms with E-state index in [2.05, 4.69) is 6.92 Å². The highest BCUT2D eigenvalue weighted by molar-refractivity contribution is 5.81. The number of Topliss-reactive ketones (excluding diaryl/α,β-unsaturated/α-hetero) is 1. The predicted octanol–water partition coefficient (Wildman–Crippen LogP) is 2.55. The van der Waals surface area contributed by atoms with E-state index >= 15 is 0 Å². The highest BCUT2D eigenvalue weighted by atomic mass is 16.1. The summed E-state index contributed by atoms with van der Waals surface area (Å²) >= 11 is 0. The Balaban J connectivity index is 1.97. The fraction of sp³-hybridized carbons (Fsp3) is 0.909. The zero-order chi connectivity index (χ0) is 8.40. The first-order chi connectivity index (χ1) is 5.69. The van der Waals surface area contributed by atoms with Crippen LogP contribution in [0.3, 0.4) is 0 Å². The number of fused-ring (bicyclic) bond motifs is 1. The van der Waals surface area contributed by atoms with E-state index in [0.29, 0.717) is 16.6 Å². The molecule has 0 radical (unpaired) electrons. The smallest absolute Gasteiger partial charge is 0.133 e. The van der Waals surface area contributed by atoms with Gasteiger partial charge in [-0.1, -0.05) is 13.3 Å². The number of carbonyl (C=O) groups excluding carboxylic acids is 1. The molecule has 1 spiro atoms. The lowest BCUT2D eigenvalue weighted by Crippen LogP contribution is -2.22. The van der Waals surface area contributed by atoms with Crippen LogP contribution in [0.15, 0.2) is 0 Å². The molecule has 0 aromatic heterocycles. The van der Waals surface area contributed by atoms with E-state index in [1.54, 1.807) is 0 Å². The third kappa shape index (κ3) is 0.541. The Hall–Kier alpha value is -0.330. The van der Waals surface area contributed by atoms with Crippen LogP contribution in [0.25, 0.3) is 0 Å². The van der Waals surface area contributed by atoms with Gasteiger partial charge in [-0.05, 0) is 36.0 Å². The van der Waals surface area contributed by atoms with Crippen LogP contribution in [-0.4, -0.2) is 5.78 Å². The van der Waals surface area contributed by atoms with E-state index in [0.717, 1.165) is 18.8 Å². The highest BCUT2D eigenvalue weighted by Crippen LogP contribution is 2.81. The van der Waals surface area contributed by atoms with Crippen LogP contribution in [0.4, 0.5) is 0 Å². The van der Waals surface area contributed by atoms with Gasteiger partial charge in [-0.3, -0.25) is 4.79 Å². The molecule has 3 saturated carbocycles. The molecule has 3 atom stereocenters. The molecular weight excluding hydrogens is 148 g/mol. The molecule has 0 saturated heterocycles. The first-order valence-corrected chi connectivity index (χ1v) is 5.21. The lowest BCUT2D eigenvalue weighted by atomic mass is 9.77. The second-order valence-electron chi connectivity index (χ2n) is 5.23. The molecule has 3 rings (SSSR count). The van der Waals surface area contributed by atoms with Crippen LogP contribution in [0.1, 0.15) is 45.4 Å². The van der Waals surface area contributed by atoms with E-state index in [-0.39, 0.29) is 0 Å². The Bertz CT molecular complexity index is 258. The summed E-state index contributed by atoms with van der Waals surface area (Å²) in [6.45, 7) is 2.42. The summed E-state index contributed by atoms with van der Waals surface area (Å²) < 4.78 is 0. The van der Waals surface area contributed by atoms with Gasteiger partial charge in [-0.2, -0.15) is 0 Å². The van der Waals surface area contributed by atoms with Gasteiger partial charge < -0.3 is 0 Å². The third-order valence-corrected chi connectivity index (χ3v) is 5.04. The minimum atomic E-state index is 0.516. The lowest BCUT2D eigenvalue weighted by molar-refractivity contribution is -0.122. The molecule has 0 aromatic rings. The first kappa shape index (κ1) is 7.11. The molecule has 12 heavy (non-hydrogen) atoms. The van der Waals surface area contributed by atoms with Crippen molar-refractivity contribution in [2.75, 3.05) is 0 Å². The number of hydrogen-bond acceptors (Lipinski definition) is 1. The van der Waals surface area contributed by atoms with Gasteiger partial charge in [0, 0.05) is 12.8 Å². The van der Waals surface area contributed by atoms with Gasteiger partial charge in [0.15, 0.2) is 0 Å². The molecule has 0 amide bonds. The number of ketones is 1. The topological polar surface area (TPSA) is 17.1 Å². The molecule has 0 aliphatic heterocycles. The standard InChI is InChI=1S/C11H16O/c1-10-6-4-8(12)7-11(10)5-2-3-9(10)11/h9H,2-7H2,1H3. The summed E-state index contributed by atoms with van der Waals surface area (Å²) in [5.41, 5.74) is 1.11. The third-order valence-electron chi connectivity index (χ3n) is 5.04. The largest absolute Gasteiger partial charge is 0.300 e. The Morgan fingerprint density at radius 2 is 2.25 bits per heavy atom. The summed E-state index contributed by atoms with van der Waals surface area (Å²) in [4.78, 5) is 11.4. The molecule has 0 N–H and O–H groups in total. The normalized spacial score (nSPS) is 56.4. The molecule has 0 heterocycles. The highest BCUT2D eigenvalue weighted by Gasteiger charge is 2.75.